The van der Waals surface area contributed by atoms with Crippen LogP contribution in [0.15, 0.2) is 45.7 Å². The maximum atomic E-state index is 12.2. The number of aliphatic hydroxyl groups is 1. The highest BCUT2D eigenvalue weighted by atomic mass is 35.5. The van der Waals surface area contributed by atoms with Crippen LogP contribution in [0.4, 0.5) is 5.69 Å². The van der Waals surface area contributed by atoms with Gasteiger partial charge >= 0.3 is 0 Å². The van der Waals surface area contributed by atoms with E-state index < -0.39 is 11.2 Å². The standard InChI is InChI=1S/C18H16Cl3N3O3/c1-10-3-6-15(27-10)18(2,26)9-22-14-5-4-11(7-12(14)19)24-17(25)16(21)13(20)8-23-24/h3-8,22,26H,9H2,1-2H3. The van der Waals surface area contributed by atoms with E-state index in [1.807, 2.05) is 6.92 Å². The molecule has 2 heterocycles. The summed E-state index contributed by atoms with van der Waals surface area (Å²) < 4.78 is 6.59. The number of nitrogens with one attached hydrogen (secondary N) is 1. The first kappa shape index (κ1) is 19.8. The van der Waals surface area contributed by atoms with E-state index in [1.165, 1.54) is 6.20 Å². The summed E-state index contributed by atoms with van der Waals surface area (Å²) in [6, 6.07) is 8.41. The maximum Gasteiger partial charge on any atom is 0.291 e. The van der Waals surface area contributed by atoms with Gasteiger partial charge in [0.1, 0.15) is 22.1 Å². The van der Waals surface area contributed by atoms with E-state index in [-0.39, 0.29) is 16.6 Å². The number of aromatic nitrogens is 2. The Morgan fingerprint density at radius 3 is 2.59 bits per heavy atom. The zero-order valence-corrected chi connectivity index (χ0v) is 16.7. The second-order valence-corrected chi connectivity index (χ2v) is 7.42. The molecule has 1 aromatic carbocycles. The van der Waals surface area contributed by atoms with E-state index in [0.29, 0.717) is 27.9 Å². The number of hydrogen-bond donors (Lipinski definition) is 2. The molecule has 2 aromatic heterocycles. The van der Waals surface area contributed by atoms with Crippen molar-refractivity contribution >= 4 is 40.5 Å². The summed E-state index contributed by atoms with van der Waals surface area (Å²) in [6.07, 6.45) is 1.29. The van der Waals surface area contributed by atoms with Crippen molar-refractivity contribution < 1.29 is 9.52 Å². The molecule has 0 saturated carbocycles. The second-order valence-electron chi connectivity index (χ2n) is 6.23. The molecule has 0 bridgehead atoms. The lowest BCUT2D eigenvalue weighted by Crippen LogP contribution is -2.30. The number of nitrogens with zero attached hydrogens (tertiary/aromatic N) is 2. The molecule has 0 fully saturated rings. The molecule has 1 atom stereocenters. The predicted octanol–water partition coefficient (Wildman–Crippen LogP) is 4.41. The van der Waals surface area contributed by atoms with E-state index in [4.69, 9.17) is 39.2 Å². The van der Waals surface area contributed by atoms with E-state index in [2.05, 4.69) is 10.4 Å². The highest BCUT2D eigenvalue weighted by Gasteiger charge is 2.26. The summed E-state index contributed by atoms with van der Waals surface area (Å²) in [7, 11) is 0. The third-order valence-electron chi connectivity index (χ3n) is 3.97. The zero-order valence-electron chi connectivity index (χ0n) is 14.5. The Hall–Kier alpha value is -1.99. The molecular weight excluding hydrogens is 413 g/mol. The first-order chi connectivity index (χ1) is 12.7. The first-order valence-corrected chi connectivity index (χ1v) is 9.09. The van der Waals surface area contributed by atoms with Crippen LogP contribution < -0.4 is 10.9 Å². The SMILES string of the molecule is Cc1ccc(C(C)(O)CNc2ccc(-n3ncc(Cl)c(Cl)c3=O)cc2Cl)o1. The molecule has 0 spiro atoms. The van der Waals surface area contributed by atoms with Gasteiger partial charge in [0, 0.05) is 0 Å². The van der Waals surface area contributed by atoms with Crippen LogP contribution in [-0.2, 0) is 5.60 Å². The largest absolute Gasteiger partial charge is 0.463 e. The number of anilines is 1. The van der Waals surface area contributed by atoms with E-state index >= 15 is 0 Å². The number of furan rings is 1. The fraction of sp³-hybridized carbons (Fsp3) is 0.222. The lowest BCUT2D eigenvalue weighted by Gasteiger charge is -2.22. The van der Waals surface area contributed by atoms with Gasteiger partial charge in [-0.15, -0.1) is 0 Å². The number of halogens is 3. The van der Waals surface area contributed by atoms with Gasteiger partial charge in [0.05, 0.1) is 34.2 Å². The average molecular weight is 429 g/mol. The predicted molar refractivity (Wildman–Crippen MR) is 106 cm³/mol. The molecule has 0 aliphatic carbocycles. The Kier molecular flexibility index (Phi) is 5.53. The topological polar surface area (TPSA) is 80.3 Å². The molecule has 9 heteroatoms. The van der Waals surface area contributed by atoms with Crippen LogP contribution in [0.3, 0.4) is 0 Å². The molecule has 6 nitrogen and oxygen atoms in total. The smallest absolute Gasteiger partial charge is 0.291 e. The summed E-state index contributed by atoms with van der Waals surface area (Å²) in [4.78, 5) is 12.2. The minimum absolute atomic E-state index is 0.0812. The molecule has 0 saturated heterocycles. The summed E-state index contributed by atoms with van der Waals surface area (Å²) in [5.74, 6) is 1.17. The van der Waals surface area contributed by atoms with Gasteiger partial charge in [0.25, 0.3) is 5.56 Å². The number of benzene rings is 1. The van der Waals surface area contributed by atoms with Crippen molar-refractivity contribution in [1.82, 2.24) is 9.78 Å². The highest BCUT2D eigenvalue weighted by molar-refractivity contribution is 6.41. The average Bonchev–Trinajstić information content (AvgIpc) is 3.06. The van der Waals surface area contributed by atoms with Crippen LogP contribution in [0.5, 0.6) is 0 Å². The van der Waals surface area contributed by atoms with Crippen LogP contribution in [0.25, 0.3) is 5.69 Å². The molecule has 2 N–H and O–H groups in total. The summed E-state index contributed by atoms with van der Waals surface area (Å²) >= 11 is 18.0. The molecule has 0 amide bonds. The Balaban J connectivity index is 1.82. The van der Waals surface area contributed by atoms with Crippen LogP contribution in [-0.4, -0.2) is 21.4 Å². The minimum Gasteiger partial charge on any atom is -0.463 e. The molecule has 27 heavy (non-hydrogen) atoms. The Morgan fingerprint density at radius 2 is 1.96 bits per heavy atom. The molecule has 0 aliphatic rings. The van der Waals surface area contributed by atoms with Gasteiger partial charge in [0.2, 0.25) is 0 Å². The van der Waals surface area contributed by atoms with Gasteiger partial charge in [0.15, 0.2) is 0 Å². The maximum absolute atomic E-state index is 12.2. The number of hydrogen-bond acceptors (Lipinski definition) is 5. The van der Waals surface area contributed by atoms with Crippen molar-refractivity contribution in [2.75, 3.05) is 11.9 Å². The second kappa shape index (κ2) is 7.56. The summed E-state index contributed by atoms with van der Waals surface area (Å²) in [6.45, 7) is 3.62. The van der Waals surface area contributed by atoms with Crippen molar-refractivity contribution in [3.05, 3.63) is 73.5 Å². The third-order valence-corrected chi connectivity index (χ3v) is 5.03. The van der Waals surface area contributed by atoms with Crippen LogP contribution in [0.2, 0.25) is 15.1 Å². The number of aryl methyl sites for hydroxylation is 1. The van der Waals surface area contributed by atoms with Crippen molar-refractivity contribution in [2.24, 2.45) is 0 Å². The van der Waals surface area contributed by atoms with Crippen molar-refractivity contribution in [3.8, 4) is 5.69 Å². The van der Waals surface area contributed by atoms with Gasteiger partial charge in [-0.3, -0.25) is 4.79 Å². The van der Waals surface area contributed by atoms with Crippen molar-refractivity contribution in [1.29, 1.82) is 0 Å². The Labute approximate surface area is 170 Å². The fourth-order valence-electron chi connectivity index (χ4n) is 2.45. The molecule has 0 aliphatic heterocycles. The third kappa shape index (κ3) is 4.14. The van der Waals surface area contributed by atoms with E-state index in [1.54, 1.807) is 37.3 Å². The molecular formula is C18H16Cl3N3O3. The lowest BCUT2D eigenvalue weighted by molar-refractivity contribution is 0.0468. The normalized spacial score (nSPS) is 13.4. The van der Waals surface area contributed by atoms with Crippen molar-refractivity contribution in [2.45, 2.75) is 19.4 Å². The minimum atomic E-state index is -1.22. The van der Waals surface area contributed by atoms with Crippen LogP contribution in [0, 0.1) is 6.92 Å². The molecule has 1 unspecified atom stereocenters. The lowest BCUT2D eigenvalue weighted by atomic mass is 10.0. The van der Waals surface area contributed by atoms with Crippen molar-refractivity contribution in [3.63, 3.8) is 0 Å². The van der Waals surface area contributed by atoms with Gasteiger partial charge in [-0.05, 0) is 44.2 Å². The highest BCUT2D eigenvalue weighted by Crippen LogP contribution is 2.28. The number of rotatable bonds is 5. The molecule has 142 valence electrons. The fourth-order valence-corrected chi connectivity index (χ4v) is 2.95. The Bertz CT molecular complexity index is 1040. The molecule has 3 rings (SSSR count). The quantitative estimate of drug-likeness (QED) is 0.629. The summed E-state index contributed by atoms with van der Waals surface area (Å²) in [5, 5.41) is 17.9. The van der Waals surface area contributed by atoms with Gasteiger partial charge in [-0.2, -0.15) is 9.78 Å². The van der Waals surface area contributed by atoms with Gasteiger partial charge in [-0.25, -0.2) is 0 Å². The molecule has 3 aromatic rings. The Morgan fingerprint density at radius 1 is 1.22 bits per heavy atom. The van der Waals surface area contributed by atoms with Gasteiger partial charge in [-0.1, -0.05) is 34.8 Å². The monoisotopic (exact) mass is 427 g/mol. The van der Waals surface area contributed by atoms with Crippen LogP contribution in [0.1, 0.15) is 18.4 Å². The van der Waals surface area contributed by atoms with Crippen LogP contribution >= 0.6 is 34.8 Å². The molecule has 0 radical (unpaired) electrons. The first-order valence-electron chi connectivity index (χ1n) is 7.95. The van der Waals surface area contributed by atoms with E-state index in [9.17, 15) is 9.90 Å². The zero-order chi connectivity index (χ0) is 19.8. The van der Waals surface area contributed by atoms with Gasteiger partial charge < -0.3 is 14.8 Å². The van der Waals surface area contributed by atoms with E-state index in [0.717, 1.165) is 4.68 Å². The summed E-state index contributed by atoms with van der Waals surface area (Å²) in [5.41, 5.74) is -0.755.